The van der Waals surface area contributed by atoms with Crippen LogP contribution in [0.15, 0.2) is 0 Å². The molecule has 0 aromatic carbocycles. The van der Waals surface area contributed by atoms with Crippen molar-refractivity contribution in [3.05, 3.63) is 0 Å². The van der Waals surface area contributed by atoms with Gasteiger partial charge in [-0.3, -0.25) is 0 Å². The van der Waals surface area contributed by atoms with Crippen LogP contribution in [0.25, 0.3) is 0 Å². The molecular formula is C11H24FN. The Balaban J connectivity index is 3.97. The zero-order chi connectivity index (χ0) is 10.5. The molecule has 0 saturated carbocycles. The summed E-state index contributed by atoms with van der Waals surface area (Å²) in [6.45, 7) is 8.57. The van der Waals surface area contributed by atoms with E-state index < -0.39 is 5.67 Å². The van der Waals surface area contributed by atoms with E-state index in [9.17, 15) is 4.39 Å². The van der Waals surface area contributed by atoms with Crippen LogP contribution < -0.4 is 5.73 Å². The van der Waals surface area contributed by atoms with Crippen molar-refractivity contribution in [1.29, 1.82) is 0 Å². The predicted octanol–water partition coefficient (Wildman–Crippen LogP) is 3.28. The molecule has 1 atom stereocenters. The Bertz CT molecular complexity index is 140. The maximum absolute atomic E-state index is 13.9. The van der Waals surface area contributed by atoms with Crippen molar-refractivity contribution in [2.24, 2.45) is 11.1 Å². The van der Waals surface area contributed by atoms with Gasteiger partial charge in [0.15, 0.2) is 0 Å². The van der Waals surface area contributed by atoms with Crippen molar-refractivity contribution in [2.45, 2.75) is 59.0 Å². The fourth-order valence-electron chi connectivity index (χ4n) is 1.38. The number of hydrogen-bond donors (Lipinski definition) is 1. The Morgan fingerprint density at radius 1 is 1.08 bits per heavy atom. The molecule has 0 aliphatic heterocycles. The summed E-state index contributed by atoms with van der Waals surface area (Å²) in [4.78, 5) is 0. The van der Waals surface area contributed by atoms with Gasteiger partial charge in [0.2, 0.25) is 0 Å². The Morgan fingerprint density at radius 3 is 1.92 bits per heavy atom. The molecule has 0 amide bonds. The highest BCUT2D eigenvalue weighted by Crippen LogP contribution is 2.30. The highest BCUT2D eigenvalue weighted by Gasteiger charge is 2.28. The molecule has 0 heterocycles. The van der Waals surface area contributed by atoms with Gasteiger partial charge in [0.25, 0.3) is 0 Å². The van der Waals surface area contributed by atoms with E-state index in [1.807, 2.05) is 6.92 Å². The van der Waals surface area contributed by atoms with Crippen molar-refractivity contribution >= 4 is 0 Å². The fourth-order valence-corrected chi connectivity index (χ4v) is 1.38. The Labute approximate surface area is 81.9 Å². The van der Waals surface area contributed by atoms with Gasteiger partial charge in [0.05, 0.1) is 0 Å². The lowest BCUT2D eigenvalue weighted by molar-refractivity contribution is 0.124. The van der Waals surface area contributed by atoms with Gasteiger partial charge in [-0.25, -0.2) is 4.39 Å². The van der Waals surface area contributed by atoms with Crippen LogP contribution in [0.1, 0.15) is 53.4 Å². The maximum atomic E-state index is 13.9. The quantitative estimate of drug-likeness (QED) is 0.705. The van der Waals surface area contributed by atoms with Crippen LogP contribution in [0.4, 0.5) is 4.39 Å². The van der Waals surface area contributed by atoms with E-state index in [4.69, 9.17) is 5.73 Å². The first-order chi connectivity index (χ1) is 5.83. The summed E-state index contributed by atoms with van der Waals surface area (Å²) in [5.74, 6) is 0. The van der Waals surface area contributed by atoms with Crippen LogP contribution in [-0.2, 0) is 0 Å². The zero-order valence-electron chi connectivity index (χ0n) is 9.49. The molecule has 1 unspecified atom stereocenters. The summed E-state index contributed by atoms with van der Waals surface area (Å²) in [6, 6.07) is 0. The minimum absolute atomic E-state index is 0.164. The molecule has 2 heteroatoms. The third kappa shape index (κ3) is 6.03. The summed E-state index contributed by atoms with van der Waals surface area (Å²) < 4.78 is 13.9. The van der Waals surface area contributed by atoms with Gasteiger partial charge in [0, 0.05) is 6.54 Å². The average Bonchev–Trinajstić information content (AvgIpc) is 2.01. The predicted molar refractivity (Wildman–Crippen MR) is 56.5 cm³/mol. The molecule has 0 rings (SSSR count). The topological polar surface area (TPSA) is 26.0 Å². The second-order valence-electron chi connectivity index (χ2n) is 5.17. The smallest absolute Gasteiger partial charge is 0.123 e. The van der Waals surface area contributed by atoms with Gasteiger partial charge in [-0.2, -0.15) is 0 Å². The standard InChI is InChI=1S/C11H24FN/c1-5-6-11(12,9-13)8-7-10(2,3)4/h5-9,13H2,1-4H3. The molecule has 0 aromatic rings. The van der Waals surface area contributed by atoms with E-state index >= 15 is 0 Å². The SMILES string of the molecule is CCCC(F)(CN)CCC(C)(C)C. The first-order valence-electron chi connectivity index (χ1n) is 5.22. The molecule has 1 nitrogen and oxygen atoms in total. The lowest BCUT2D eigenvalue weighted by atomic mass is 9.84. The van der Waals surface area contributed by atoms with Crippen LogP contribution in [-0.4, -0.2) is 12.2 Å². The molecule has 0 bridgehead atoms. The summed E-state index contributed by atoms with van der Waals surface area (Å²) >= 11 is 0. The number of hydrogen-bond acceptors (Lipinski definition) is 1. The molecule has 13 heavy (non-hydrogen) atoms. The Morgan fingerprint density at radius 2 is 1.62 bits per heavy atom. The second-order valence-corrected chi connectivity index (χ2v) is 5.17. The van der Waals surface area contributed by atoms with Crippen molar-refractivity contribution in [2.75, 3.05) is 6.54 Å². The van der Waals surface area contributed by atoms with Gasteiger partial charge < -0.3 is 5.73 Å². The molecular weight excluding hydrogens is 165 g/mol. The molecule has 2 N–H and O–H groups in total. The monoisotopic (exact) mass is 189 g/mol. The minimum Gasteiger partial charge on any atom is -0.328 e. The molecule has 0 radical (unpaired) electrons. The van der Waals surface area contributed by atoms with Crippen LogP contribution in [0.5, 0.6) is 0 Å². The second kappa shape index (κ2) is 4.94. The van der Waals surface area contributed by atoms with Gasteiger partial charge in [0.1, 0.15) is 5.67 Å². The summed E-state index contributed by atoms with van der Waals surface area (Å²) in [6.07, 6.45) is 2.97. The summed E-state index contributed by atoms with van der Waals surface area (Å²) in [7, 11) is 0. The first-order valence-corrected chi connectivity index (χ1v) is 5.22. The normalized spacial score (nSPS) is 17.1. The maximum Gasteiger partial charge on any atom is 0.123 e. The number of nitrogens with two attached hydrogens (primary N) is 1. The summed E-state index contributed by atoms with van der Waals surface area (Å²) in [5, 5.41) is 0. The van der Waals surface area contributed by atoms with E-state index in [1.54, 1.807) is 0 Å². The average molecular weight is 189 g/mol. The molecule has 0 aromatic heterocycles. The van der Waals surface area contributed by atoms with Gasteiger partial charge in [-0.15, -0.1) is 0 Å². The minimum atomic E-state index is -1.12. The molecule has 80 valence electrons. The van der Waals surface area contributed by atoms with Gasteiger partial charge in [-0.1, -0.05) is 34.1 Å². The van der Waals surface area contributed by atoms with Crippen LogP contribution >= 0.6 is 0 Å². The molecule has 0 aliphatic rings. The van der Waals surface area contributed by atoms with E-state index in [-0.39, 0.29) is 12.0 Å². The molecule has 0 saturated heterocycles. The van der Waals surface area contributed by atoms with Crippen LogP contribution in [0, 0.1) is 5.41 Å². The van der Waals surface area contributed by atoms with Crippen LogP contribution in [0.2, 0.25) is 0 Å². The van der Waals surface area contributed by atoms with Crippen molar-refractivity contribution < 1.29 is 4.39 Å². The largest absolute Gasteiger partial charge is 0.328 e. The van der Waals surface area contributed by atoms with Crippen molar-refractivity contribution in [1.82, 2.24) is 0 Å². The van der Waals surface area contributed by atoms with E-state index in [0.29, 0.717) is 12.8 Å². The fraction of sp³-hybridized carbons (Fsp3) is 1.00. The first kappa shape index (κ1) is 12.9. The zero-order valence-corrected chi connectivity index (χ0v) is 9.49. The van der Waals surface area contributed by atoms with E-state index in [0.717, 1.165) is 12.8 Å². The van der Waals surface area contributed by atoms with E-state index in [2.05, 4.69) is 20.8 Å². The molecule has 0 fully saturated rings. The lowest BCUT2D eigenvalue weighted by Crippen LogP contribution is -2.33. The van der Waals surface area contributed by atoms with Crippen molar-refractivity contribution in [3.8, 4) is 0 Å². The van der Waals surface area contributed by atoms with Crippen molar-refractivity contribution in [3.63, 3.8) is 0 Å². The number of rotatable bonds is 5. The number of alkyl halides is 1. The Kier molecular flexibility index (Phi) is 4.90. The highest BCUT2D eigenvalue weighted by molar-refractivity contribution is 4.81. The highest BCUT2D eigenvalue weighted by atomic mass is 19.1. The lowest BCUT2D eigenvalue weighted by Gasteiger charge is -2.27. The van der Waals surface area contributed by atoms with Crippen LogP contribution in [0.3, 0.4) is 0 Å². The molecule has 0 spiro atoms. The van der Waals surface area contributed by atoms with E-state index in [1.165, 1.54) is 0 Å². The number of halogens is 1. The third-order valence-electron chi connectivity index (χ3n) is 2.39. The summed E-state index contributed by atoms with van der Waals surface area (Å²) in [5.41, 5.74) is 4.53. The van der Waals surface area contributed by atoms with Gasteiger partial charge >= 0.3 is 0 Å². The Hall–Kier alpha value is -0.110. The van der Waals surface area contributed by atoms with Gasteiger partial charge in [-0.05, 0) is 24.7 Å². The molecule has 0 aliphatic carbocycles. The third-order valence-corrected chi connectivity index (χ3v) is 2.39.